The highest BCUT2D eigenvalue weighted by Gasteiger charge is 2.23. The lowest BCUT2D eigenvalue weighted by atomic mass is 10.1. The molecular weight excluding hydrogens is 372 g/mol. The first-order chi connectivity index (χ1) is 13.5. The Hall–Kier alpha value is -2.63. The normalized spacial score (nSPS) is 15.1. The Morgan fingerprint density at radius 2 is 1.75 bits per heavy atom. The van der Waals surface area contributed by atoms with Gasteiger partial charge in [0.05, 0.1) is 17.8 Å². The number of rotatable bonds is 5. The molecule has 3 aromatic rings. The summed E-state index contributed by atoms with van der Waals surface area (Å²) in [5.74, 6) is 0.125. The average Bonchev–Trinajstić information content (AvgIpc) is 3.05. The van der Waals surface area contributed by atoms with Gasteiger partial charge in [0.25, 0.3) is 0 Å². The molecule has 0 amide bonds. The Kier molecular flexibility index (Phi) is 5.20. The fraction of sp³-hybridized carbons (Fsp3) is 0.273. The Balaban J connectivity index is 1.39. The van der Waals surface area contributed by atoms with Crippen molar-refractivity contribution in [2.75, 3.05) is 32.7 Å². The maximum atomic E-state index is 12.5. The van der Waals surface area contributed by atoms with Gasteiger partial charge in [-0.05, 0) is 30.3 Å². The maximum Gasteiger partial charge on any atom is 0.176 e. The smallest absolute Gasteiger partial charge is 0.176 e. The second-order valence-electron chi connectivity index (χ2n) is 7.13. The summed E-state index contributed by atoms with van der Waals surface area (Å²) in [5, 5.41) is 6.44. The van der Waals surface area contributed by atoms with E-state index in [0.29, 0.717) is 17.1 Å². The summed E-state index contributed by atoms with van der Waals surface area (Å²) in [5.41, 5.74) is 3.69. The molecule has 1 saturated heterocycles. The van der Waals surface area contributed by atoms with Gasteiger partial charge in [-0.1, -0.05) is 36.4 Å². The number of aromatic nitrogens is 2. The van der Waals surface area contributed by atoms with Crippen LogP contribution in [0, 0.1) is 0 Å². The molecule has 0 saturated carbocycles. The van der Waals surface area contributed by atoms with Crippen LogP contribution >= 0.6 is 11.6 Å². The van der Waals surface area contributed by atoms with Gasteiger partial charge in [-0.15, -0.1) is 0 Å². The maximum absolute atomic E-state index is 12.5. The number of nitrogens with zero attached hydrogens (tertiary/aromatic N) is 4. The largest absolute Gasteiger partial charge is 0.368 e. The van der Waals surface area contributed by atoms with E-state index in [1.165, 1.54) is 0 Å². The van der Waals surface area contributed by atoms with Crippen molar-refractivity contribution in [3.63, 3.8) is 0 Å². The zero-order chi connectivity index (χ0) is 19.7. The van der Waals surface area contributed by atoms with Gasteiger partial charge >= 0.3 is 0 Å². The van der Waals surface area contributed by atoms with E-state index in [-0.39, 0.29) is 5.78 Å². The molecule has 1 fully saturated rings. The first-order valence-corrected chi connectivity index (χ1v) is 9.78. The minimum Gasteiger partial charge on any atom is -0.368 e. The molecule has 2 aromatic carbocycles. The number of Topliss-reactive ketones (excluding diaryl/α,β-unsaturated/α-hetero) is 1. The fourth-order valence-electron chi connectivity index (χ4n) is 3.68. The third kappa shape index (κ3) is 3.68. The predicted octanol–water partition coefficient (Wildman–Crippen LogP) is 3.70. The highest BCUT2D eigenvalue weighted by Crippen LogP contribution is 2.26. The highest BCUT2D eigenvalue weighted by molar-refractivity contribution is 6.30. The molecule has 6 heteroatoms. The molecule has 1 aromatic heterocycles. The zero-order valence-electron chi connectivity index (χ0n) is 15.9. The van der Waals surface area contributed by atoms with Crippen LogP contribution in [0.25, 0.3) is 16.6 Å². The Morgan fingerprint density at radius 3 is 2.46 bits per heavy atom. The minimum atomic E-state index is 0.125. The van der Waals surface area contributed by atoms with Crippen LogP contribution in [-0.2, 0) is 7.05 Å². The molecule has 0 unspecified atom stereocenters. The number of fused-ring (bicyclic) bond motifs is 1. The summed E-state index contributed by atoms with van der Waals surface area (Å²) in [6.45, 7) is 8.04. The first-order valence-electron chi connectivity index (χ1n) is 9.40. The van der Waals surface area contributed by atoms with Crippen molar-refractivity contribution in [1.29, 1.82) is 0 Å². The molecule has 0 spiro atoms. The van der Waals surface area contributed by atoms with Crippen molar-refractivity contribution in [1.82, 2.24) is 19.6 Å². The van der Waals surface area contributed by atoms with E-state index >= 15 is 0 Å². The van der Waals surface area contributed by atoms with Gasteiger partial charge in [0.2, 0.25) is 0 Å². The van der Waals surface area contributed by atoms with Crippen LogP contribution in [0.3, 0.4) is 0 Å². The van der Waals surface area contributed by atoms with Gasteiger partial charge in [-0.3, -0.25) is 14.4 Å². The summed E-state index contributed by atoms with van der Waals surface area (Å²) in [7, 11) is 1.96. The van der Waals surface area contributed by atoms with Gasteiger partial charge in [0, 0.05) is 49.2 Å². The van der Waals surface area contributed by atoms with E-state index in [9.17, 15) is 4.79 Å². The molecule has 5 nitrogen and oxygen atoms in total. The lowest BCUT2D eigenvalue weighted by molar-refractivity contribution is 0.0893. The summed E-state index contributed by atoms with van der Waals surface area (Å²) in [6.07, 6.45) is 0. The summed E-state index contributed by atoms with van der Waals surface area (Å²) >= 11 is 5.90. The summed E-state index contributed by atoms with van der Waals surface area (Å²) in [6, 6.07) is 15.3. The van der Waals surface area contributed by atoms with E-state index < -0.39 is 0 Å². The number of benzene rings is 2. The molecule has 4 rings (SSSR count). The quantitative estimate of drug-likeness (QED) is 0.619. The highest BCUT2D eigenvalue weighted by atomic mass is 35.5. The van der Waals surface area contributed by atoms with Crippen molar-refractivity contribution in [2.45, 2.75) is 0 Å². The Labute approximate surface area is 169 Å². The van der Waals surface area contributed by atoms with E-state index in [2.05, 4.69) is 33.6 Å². The molecule has 144 valence electrons. The summed E-state index contributed by atoms with van der Waals surface area (Å²) < 4.78 is 1.90. The first kappa shape index (κ1) is 18.7. The molecule has 0 N–H and O–H groups in total. The second-order valence-corrected chi connectivity index (χ2v) is 7.57. The monoisotopic (exact) mass is 394 g/mol. The third-order valence-corrected chi connectivity index (χ3v) is 5.57. The minimum absolute atomic E-state index is 0.125. The standard InChI is InChI=1S/C22H23ClN4O/c1-16(22-19-5-3-4-6-20(19)25(2)24-22)27-13-11-26(12-14-27)15-21(28)17-7-9-18(23)10-8-17/h3-10H,1,11-15H2,2H3. The van der Waals surface area contributed by atoms with E-state index in [4.69, 9.17) is 11.6 Å². The van der Waals surface area contributed by atoms with Crippen molar-refractivity contribution < 1.29 is 4.79 Å². The van der Waals surface area contributed by atoms with E-state index in [1.54, 1.807) is 24.3 Å². The molecular formula is C22H23ClN4O. The topological polar surface area (TPSA) is 41.4 Å². The van der Waals surface area contributed by atoms with Gasteiger partial charge < -0.3 is 4.90 Å². The molecule has 1 aliphatic rings. The average molecular weight is 395 g/mol. The number of hydrogen-bond acceptors (Lipinski definition) is 4. The molecule has 2 heterocycles. The number of ketones is 1. The van der Waals surface area contributed by atoms with Crippen LogP contribution in [0.1, 0.15) is 16.1 Å². The van der Waals surface area contributed by atoms with Crippen LogP contribution < -0.4 is 0 Å². The van der Waals surface area contributed by atoms with Crippen LogP contribution in [0.15, 0.2) is 55.1 Å². The van der Waals surface area contributed by atoms with E-state index in [1.807, 2.05) is 23.9 Å². The SMILES string of the molecule is C=C(c1nn(C)c2ccccc12)N1CCN(CC(=O)c2ccc(Cl)cc2)CC1. The number of piperazine rings is 1. The fourth-order valence-corrected chi connectivity index (χ4v) is 3.81. The Morgan fingerprint density at radius 1 is 1.07 bits per heavy atom. The molecule has 0 bridgehead atoms. The molecule has 0 atom stereocenters. The van der Waals surface area contributed by atoms with E-state index in [0.717, 1.165) is 48.5 Å². The van der Waals surface area contributed by atoms with Crippen LogP contribution in [0.2, 0.25) is 5.02 Å². The van der Waals surface area contributed by atoms with Gasteiger partial charge in [0.1, 0.15) is 5.69 Å². The lowest BCUT2D eigenvalue weighted by Crippen LogP contribution is -2.47. The van der Waals surface area contributed by atoms with Crippen molar-refractivity contribution in [3.05, 3.63) is 71.4 Å². The third-order valence-electron chi connectivity index (χ3n) is 5.32. The Bertz CT molecular complexity index is 1020. The number of halogens is 1. The van der Waals surface area contributed by atoms with Crippen molar-refractivity contribution in [2.24, 2.45) is 7.05 Å². The summed E-state index contributed by atoms with van der Waals surface area (Å²) in [4.78, 5) is 16.9. The van der Waals surface area contributed by atoms with Crippen LogP contribution in [-0.4, -0.2) is 58.1 Å². The number of carbonyl (C=O) groups excluding carboxylic acids is 1. The number of carbonyl (C=O) groups is 1. The lowest BCUT2D eigenvalue weighted by Gasteiger charge is -2.36. The van der Waals surface area contributed by atoms with Gasteiger partial charge in [-0.2, -0.15) is 5.10 Å². The number of para-hydroxylation sites is 1. The molecule has 28 heavy (non-hydrogen) atoms. The van der Waals surface area contributed by atoms with Crippen LogP contribution in [0.5, 0.6) is 0 Å². The molecule has 0 radical (unpaired) electrons. The molecule has 0 aliphatic carbocycles. The zero-order valence-corrected chi connectivity index (χ0v) is 16.7. The number of hydrogen-bond donors (Lipinski definition) is 0. The van der Waals surface area contributed by atoms with Crippen LogP contribution in [0.4, 0.5) is 0 Å². The van der Waals surface area contributed by atoms with Gasteiger partial charge in [0.15, 0.2) is 5.78 Å². The predicted molar refractivity (Wildman–Crippen MR) is 114 cm³/mol. The van der Waals surface area contributed by atoms with Crippen molar-refractivity contribution in [3.8, 4) is 0 Å². The van der Waals surface area contributed by atoms with Gasteiger partial charge in [-0.25, -0.2) is 0 Å². The second kappa shape index (κ2) is 7.78. The van der Waals surface area contributed by atoms with Crippen molar-refractivity contribution >= 4 is 34.0 Å². The molecule has 1 aliphatic heterocycles. The number of aryl methyl sites for hydroxylation is 1.